The minimum absolute atomic E-state index is 0.145. The van der Waals surface area contributed by atoms with Gasteiger partial charge in [0.2, 0.25) is 17.7 Å². The highest BCUT2D eigenvalue weighted by atomic mass is 16.5. The number of benzene rings is 3. The molecule has 3 N–H and O–H groups in total. The van der Waals surface area contributed by atoms with Crippen LogP contribution < -0.4 is 15.4 Å². The Morgan fingerprint density at radius 3 is 2.71 bits per heavy atom. The molecule has 0 aliphatic carbocycles. The first-order chi connectivity index (χ1) is 25.2. The molecule has 12 nitrogen and oxygen atoms in total. The topological polar surface area (TPSA) is 162 Å². The van der Waals surface area contributed by atoms with Crippen molar-refractivity contribution in [2.24, 2.45) is 11.8 Å². The van der Waals surface area contributed by atoms with E-state index in [2.05, 4.69) is 39.9 Å². The summed E-state index contributed by atoms with van der Waals surface area (Å²) in [7, 11) is 1.24. The van der Waals surface area contributed by atoms with E-state index in [-0.39, 0.29) is 42.2 Å². The minimum atomic E-state index is -1.05. The number of rotatable bonds is 5. The zero-order valence-electron chi connectivity index (χ0n) is 28.5. The Bertz CT molecular complexity index is 2510. The molecule has 0 radical (unpaired) electrons. The molecular formula is C40H33N5O7. The van der Waals surface area contributed by atoms with E-state index in [1.807, 2.05) is 50.4 Å². The average Bonchev–Trinajstić information content (AvgIpc) is 3.95. The summed E-state index contributed by atoms with van der Waals surface area (Å²) in [4.78, 5) is 52.5. The molecule has 2 unspecified atom stereocenters. The van der Waals surface area contributed by atoms with Crippen LogP contribution in [-0.4, -0.2) is 45.9 Å². The zero-order chi connectivity index (χ0) is 35.5. The molecule has 7 heterocycles. The quantitative estimate of drug-likeness (QED) is 0.135. The van der Waals surface area contributed by atoms with E-state index < -0.39 is 36.0 Å². The summed E-state index contributed by atoms with van der Waals surface area (Å²) in [6.45, 7) is 3.94. The number of esters is 1. The minimum Gasteiger partial charge on any atom is -0.469 e. The summed E-state index contributed by atoms with van der Waals surface area (Å²) in [5.41, 5.74) is 6.64. The van der Waals surface area contributed by atoms with Crippen molar-refractivity contribution in [3.05, 3.63) is 95.3 Å². The van der Waals surface area contributed by atoms with Crippen LogP contribution in [0.3, 0.4) is 0 Å². The van der Waals surface area contributed by atoms with Crippen molar-refractivity contribution in [2.45, 2.75) is 50.8 Å². The number of Topliss-reactive ketones (excluding diaryl/α,β-unsaturated/α-hetero) is 1. The van der Waals surface area contributed by atoms with E-state index >= 15 is 0 Å². The number of carbonyl (C=O) groups is 3. The molecule has 1 spiro atoms. The van der Waals surface area contributed by atoms with Gasteiger partial charge >= 0.3 is 5.97 Å². The van der Waals surface area contributed by atoms with Crippen LogP contribution in [0.2, 0.25) is 0 Å². The third-order valence-electron chi connectivity index (χ3n) is 11.0. The molecule has 4 atom stereocenters. The van der Waals surface area contributed by atoms with Gasteiger partial charge in [0, 0.05) is 57.4 Å². The Morgan fingerprint density at radius 2 is 1.87 bits per heavy atom. The third kappa shape index (κ3) is 4.17. The van der Waals surface area contributed by atoms with E-state index in [0.29, 0.717) is 23.0 Å². The van der Waals surface area contributed by atoms with Crippen LogP contribution in [-0.2, 0) is 31.0 Å². The van der Waals surface area contributed by atoms with E-state index in [4.69, 9.17) is 28.3 Å². The lowest BCUT2D eigenvalue weighted by atomic mass is 9.72. The number of nitrogens with zero attached hydrogens (tertiary/aromatic N) is 2. The normalized spacial score (nSPS) is 21.8. The second kappa shape index (κ2) is 10.9. The van der Waals surface area contributed by atoms with E-state index in [1.165, 1.54) is 7.11 Å². The van der Waals surface area contributed by atoms with E-state index in [0.717, 1.165) is 50.0 Å². The summed E-state index contributed by atoms with van der Waals surface area (Å²) in [6.07, 6.45) is 2.69. The summed E-state index contributed by atoms with van der Waals surface area (Å²) in [6, 6.07) is 17.6. The first-order valence-corrected chi connectivity index (χ1v) is 17.4. The maximum atomic E-state index is 14.1. The molecule has 260 valence electrons. The highest BCUT2D eigenvalue weighted by molar-refractivity contribution is 6.07. The van der Waals surface area contributed by atoms with Crippen LogP contribution in [0, 0.1) is 11.8 Å². The van der Waals surface area contributed by atoms with Gasteiger partial charge in [-0.25, -0.2) is 9.97 Å². The number of methoxy groups -OCH3 is 1. The molecule has 0 saturated carbocycles. The van der Waals surface area contributed by atoms with Gasteiger partial charge in [-0.15, -0.1) is 0 Å². The lowest BCUT2D eigenvalue weighted by molar-refractivity contribution is -0.144. The number of amides is 1. The maximum absolute atomic E-state index is 14.1. The van der Waals surface area contributed by atoms with Gasteiger partial charge in [0.15, 0.2) is 23.4 Å². The van der Waals surface area contributed by atoms with Crippen LogP contribution in [0.1, 0.15) is 61.1 Å². The van der Waals surface area contributed by atoms with Gasteiger partial charge in [0.25, 0.3) is 0 Å². The van der Waals surface area contributed by atoms with Crippen molar-refractivity contribution >= 4 is 34.3 Å². The van der Waals surface area contributed by atoms with E-state index in [1.54, 1.807) is 6.20 Å². The van der Waals surface area contributed by atoms with Gasteiger partial charge in [0.1, 0.15) is 29.4 Å². The number of ether oxygens (including phenoxy) is 2. The number of para-hydroxylation sites is 1. The Morgan fingerprint density at radius 1 is 1.02 bits per heavy atom. The monoisotopic (exact) mass is 695 g/mol. The molecule has 3 aromatic carbocycles. The molecule has 3 aromatic heterocycles. The zero-order valence-corrected chi connectivity index (χ0v) is 28.5. The van der Waals surface area contributed by atoms with Gasteiger partial charge in [0.05, 0.1) is 13.3 Å². The highest BCUT2D eigenvalue weighted by Crippen LogP contribution is 2.61. The number of ketones is 1. The molecule has 0 fully saturated rings. The number of nitrogens with one attached hydrogen (secondary N) is 3. The molecule has 12 heteroatoms. The van der Waals surface area contributed by atoms with Crippen molar-refractivity contribution < 1.29 is 32.7 Å². The highest BCUT2D eigenvalue weighted by Gasteiger charge is 2.61. The molecular weight excluding hydrogens is 662 g/mol. The van der Waals surface area contributed by atoms with Crippen molar-refractivity contribution in [1.82, 2.24) is 20.3 Å². The Hall–Kier alpha value is -6.17. The average molecular weight is 696 g/mol. The molecule has 4 aliphatic heterocycles. The third-order valence-corrected chi connectivity index (χ3v) is 11.0. The summed E-state index contributed by atoms with van der Waals surface area (Å²) < 4.78 is 25.1. The van der Waals surface area contributed by atoms with Gasteiger partial charge in [-0.1, -0.05) is 56.3 Å². The first kappa shape index (κ1) is 30.6. The second-order valence-electron chi connectivity index (χ2n) is 14.3. The van der Waals surface area contributed by atoms with Gasteiger partial charge in [-0.05, 0) is 35.6 Å². The standard InChI is InChI=1S/C40H33N5O7/c1-18(2)32-38-44-34-35(52-38)40-25-8-4-7-23(22-6-5-9-27-31(22)24(16-41-27)29-17-42-37(34)50-29)33(25)45-39(40)51-28-11-10-19(13-26(28)40)12-20(36(48)43-32)14-21(46)15-30(47)49-3/h4-11,13,16-18,20,32,39,41,45H,12,14-15H2,1-3H3,(H,43,48)/t20?,32-,39?,40-/m0/s1. The number of carbonyl (C=O) groups excluding carboxylic acids is 3. The van der Waals surface area contributed by atoms with Crippen molar-refractivity contribution in [3.8, 4) is 39.8 Å². The van der Waals surface area contributed by atoms with E-state index in [9.17, 15) is 14.4 Å². The van der Waals surface area contributed by atoms with Crippen molar-refractivity contribution in [2.75, 3.05) is 12.4 Å². The molecule has 6 aromatic rings. The Balaban J connectivity index is 1.27. The molecule has 10 bridgehead atoms. The van der Waals surface area contributed by atoms with Gasteiger partial charge in [-0.2, -0.15) is 0 Å². The second-order valence-corrected chi connectivity index (χ2v) is 14.3. The van der Waals surface area contributed by atoms with Gasteiger partial charge in [-0.3, -0.25) is 14.4 Å². The SMILES string of the molecule is COC(=O)CC(=O)CC1Cc2ccc3c(c2)[C@]24c5cccc(c5NC2O3)-c2cccc3[nH]cc(c23)-c2cnc(o2)-c2nc(oc24)[C@H](C(C)C)NC1=O. The smallest absolute Gasteiger partial charge is 0.313 e. The summed E-state index contributed by atoms with van der Waals surface area (Å²) >= 11 is 0. The van der Waals surface area contributed by atoms with Crippen LogP contribution in [0.4, 0.5) is 5.69 Å². The predicted octanol–water partition coefficient (Wildman–Crippen LogP) is 6.44. The van der Waals surface area contributed by atoms with Crippen LogP contribution in [0.15, 0.2) is 75.8 Å². The predicted molar refractivity (Wildman–Crippen MR) is 188 cm³/mol. The molecule has 1 amide bonds. The first-order valence-electron chi connectivity index (χ1n) is 17.4. The number of oxazole rings is 2. The molecule has 4 aliphatic rings. The number of aromatic amines is 1. The summed E-state index contributed by atoms with van der Waals surface area (Å²) in [5.74, 6) is -0.0692. The van der Waals surface area contributed by atoms with Crippen molar-refractivity contribution in [1.29, 1.82) is 0 Å². The number of hydrogen-bond acceptors (Lipinski definition) is 10. The number of H-pyrrole nitrogens is 1. The molecule has 10 rings (SSSR count). The maximum Gasteiger partial charge on any atom is 0.313 e. The Labute approximate surface area is 296 Å². The largest absolute Gasteiger partial charge is 0.469 e. The van der Waals surface area contributed by atoms with Crippen LogP contribution in [0.5, 0.6) is 5.75 Å². The number of hydrogen-bond donors (Lipinski definition) is 3. The van der Waals surface area contributed by atoms with Gasteiger partial charge < -0.3 is 33.9 Å². The fourth-order valence-electron chi connectivity index (χ4n) is 8.55. The summed E-state index contributed by atoms with van der Waals surface area (Å²) in [5, 5.41) is 7.91. The fourth-order valence-corrected chi connectivity index (χ4v) is 8.55. The lowest BCUT2D eigenvalue weighted by Gasteiger charge is -2.28. The van der Waals surface area contributed by atoms with Crippen molar-refractivity contribution in [3.63, 3.8) is 0 Å². The number of anilines is 1. The van der Waals surface area contributed by atoms with Crippen LogP contribution >= 0.6 is 0 Å². The number of aromatic nitrogens is 3. The Kier molecular flexibility index (Phi) is 6.43. The molecule has 0 saturated heterocycles. The van der Waals surface area contributed by atoms with Crippen LogP contribution in [0.25, 0.3) is 44.9 Å². The molecule has 52 heavy (non-hydrogen) atoms. The number of fused-ring (bicyclic) bond motifs is 7. The fraction of sp³-hybridized carbons (Fsp3) is 0.275. The lowest BCUT2D eigenvalue weighted by Crippen LogP contribution is -2.40.